The molecule has 70 valence electrons. The molecule has 6 heteroatoms. The molecule has 0 N–H and O–H groups in total. The molecule has 0 saturated heterocycles. The summed E-state index contributed by atoms with van der Waals surface area (Å²) in [5.41, 5.74) is 1.01. The van der Waals surface area contributed by atoms with Gasteiger partial charge in [0.25, 0.3) is 0 Å². The van der Waals surface area contributed by atoms with Gasteiger partial charge in [0, 0.05) is 0 Å². The van der Waals surface area contributed by atoms with E-state index in [-0.39, 0.29) is 24.7 Å². The normalized spacial score (nSPS) is 17.4. The Kier molecular flexibility index (Phi) is 1.21. The van der Waals surface area contributed by atoms with Crippen LogP contribution in [0.2, 0.25) is 0 Å². The maximum atomic E-state index is 11.0. The number of hydrogen-bond donors (Lipinski definition) is 0. The second-order valence-corrected chi connectivity index (χ2v) is 3.06. The highest BCUT2D eigenvalue weighted by atomic mass is 16.6. The van der Waals surface area contributed by atoms with Gasteiger partial charge in [0.1, 0.15) is 5.69 Å². The molecular formula is C8H4N2O4. The molecule has 0 radical (unpaired) electrons. The first-order valence-electron chi connectivity index (χ1n) is 4.04. The van der Waals surface area contributed by atoms with Crippen molar-refractivity contribution >= 4 is 11.9 Å². The summed E-state index contributed by atoms with van der Waals surface area (Å²) in [6.07, 6.45) is 0.213. The number of hydrogen-bond acceptors (Lipinski definition) is 6. The molecule has 1 aromatic heterocycles. The van der Waals surface area contributed by atoms with Gasteiger partial charge < -0.3 is 9.47 Å². The third-order valence-electron chi connectivity index (χ3n) is 2.12. The fraction of sp³-hybridized carbons (Fsp3) is 0.250. The zero-order valence-electron chi connectivity index (χ0n) is 6.94. The van der Waals surface area contributed by atoms with Crippen molar-refractivity contribution in [1.29, 1.82) is 0 Å². The van der Waals surface area contributed by atoms with Crippen molar-refractivity contribution in [2.75, 3.05) is 0 Å². The SMILES string of the molecule is O=C1Cc2c(nnc3c2OC(=O)C3)O1. The highest BCUT2D eigenvalue weighted by Gasteiger charge is 2.34. The van der Waals surface area contributed by atoms with Crippen molar-refractivity contribution < 1.29 is 19.1 Å². The summed E-state index contributed by atoms with van der Waals surface area (Å²) in [5, 5.41) is 7.43. The maximum absolute atomic E-state index is 11.0. The highest BCUT2D eigenvalue weighted by molar-refractivity contribution is 5.86. The molecule has 0 atom stereocenters. The third-order valence-corrected chi connectivity index (χ3v) is 2.12. The number of carbonyl (C=O) groups is 2. The van der Waals surface area contributed by atoms with Gasteiger partial charge in [-0.3, -0.25) is 9.59 Å². The largest absolute Gasteiger partial charge is 0.424 e. The summed E-state index contributed by atoms with van der Waals surface area (Å²) in [5.74, 6) is -0.262. The van der Waals surface area contributed by atoms with Crippen molar-refractivity contribution in [2.24, 2.45) is 0 Å². The number of rotatable bonds is 0. The van der Waals surface area contributed by atoms with Crippen molar-refractivity contribution in [3.63, 3.8) is 0 Å². The highest BCUT2D eigenvalue weighted by Crippen LogP contribution is 2.36. The topological polar surface area (TPSA) is 78.4 Å². The molecule has 1 aromatic rings. The summed E-state index contributed by atoms with van der Waals surface area (Å²) in [4.78, 5) is 21.9. The summed E-state index contributed by atoms with van der Waals surface area (Å²) in [7, 11) is 0. The molecule has 6 nitrogen and oxygen atoms in total. The molecule has 0 fully saturated rings. The summed E-state index contributed by atoms with van der Waals surface area (Å²) in [6.45, 7) is 0. The molecule has 14 heavy (non-hydrogen) atoms. The molecule has 0 amide bonds. The van der Waals surface area contributed by atoms with E-state index in [1.165, 1.54) is 0 Å². The lowest BCUT2D eigenvalue weighted by molar-refractivity contribution is -0.133. The minimum absolute atomic E-state index is 0.0977. The van der Waals surface area contributed by atoms with Crippen LogP contribution >= 0.6 is 0 Å². The van der Waals surface area contributed by atoms with Crippen LogP contribution in [0.3, 0.4) is 0 Å². The van der Waals surface area contributed by atoms with Crippen LogP contribution in [0.4, 0.5) is 0 Å². The van der Waals surface area contributed by atoms with Gasteiger partial charge in [-0.25, -0.2) is 0 Å². The van der Waals surface area contributed by atoms with Crippen LogP contribution < -0.4 is 9.47 Å². The first-order valence-corrected chi connectivity index (χ1v) is 4.04. The van der Waals surface area contributed by atoms with Gasteiger partial charge in [-0.1, -0.05) is 0 Å². The Morgan fingerprint density at radius 1 is 1.00 bits per heavy atom. The minimum atomic E-state index is -0.398. The van der Waals surface area contributed by atoms with E-state index in [0.29, 0.717) is 17.0 Å². The monoisotopic (exact) mass is 192 g/mol. The first kappa shape index (κ1) is 7.43. The number of aromatic nitrogens is 2. The number of fused-ring (bicyclic) bond motifs is 3. The van der Waals surface area contributed by atoms with Crippen LogP contribution in [-0.2, 0) is 22.4 Å². The molecular weight excluding hydrogens is 188 g/mol. The van der Waals surface area contributed by atoms with Crippen LogP contribution in [0.25, 0.3) is 0 Å². The van der Waals surface area contributed by atoms with Crippen molar-refractivity contribution in [3.8, 4) is 11.6 Å². The van der Waals surface area contributed by atoms with E-state index in [1.807, 2.05) is 0 Å². The van der Waals surface area contributed by atoms with Crippen molar-refractivity contribution in [3.05, 3.63) is 11.3 Å². The molecule has 0 spiro atoms. The zero-order chi connectivity index (χ0) is 9.71. The van der Waals surface area contributed by atoms with E-state index in [0.717, 1.165) is 0 Å². The van der Waals surface area contributed by atoms with E-state index in [2.05, 4.69) is 10.2 Å². The van der Waals surface area contributed by atoms with Crippen molar-refractivity contribution in [1.82, 2.24) is 10.2 Å². The summed E-state index contributed by atoms with van der Waals surface area (Å²) in [6, 6.07) is 0. The van der Waals surface area contributed by atoms with Gasteiger partial charge in [0.05, 0.1) is 18.4 Å². The van der Waals surface area contributed by atoms with Crippen LogP contribution in [0.5, 0.6) is 11.6 Å². The lowest BCUT2D eigenvalue weighted by Gasteiger charge is -1.99. The lowest BCUT2D eigenvalue weighted by Crippen LogP contribution is -2.02. The molecule has 0 unspecified atom stereocenters. The number of esters is 2. The van der Waals surface area contributed by atoms with Crippen LogP contribution in [0.1, 0.15) is 11.3 Å². The predicted molar refractivity (Wildman–Crippen MR) is 40.7 cm³/mol. The number of nitrogens with zero attached hydrogens (tertiary/aromatic N) is 2. The van der Waals surface area contributed by atoms with Gasteiger partial charge in [0.2, 0.25) is 5.88 Å². The Morgan fingerprint density at radius 2 is 1.79 bits per heavy atom. The van der Waals surface area contributed by atoms with E-state index < -0.39 is 5.97 Å². The van der Waals surface area contributed by atoms with Gasteiger partial charge in [-0.15, -0.1) is 10.2 Å². The Morgan fingerprint density at radius 3 is 2.64 bits per heavy atom. The lowest BCUT2D eigenvalue weighted by atomic mass is 10.2. The zero-order valence-corrected chi connectivity index (χ0v) is 6.94. The van der Waals surface area contributed by atoms with E-state index in [4.69, 9.17) is 9.47 Å². The fourth-order valence-electron chi connectivity index (χ4n) is 1.53. The van der Waals surface area contributed by atoms with E-state index in [1.54, 1.807) is 0 Å². The molecule has 0 bridgehead atoms. The maximum Gasteiger partial charge on any atom is 0.317 e. The Hall–Kier alpha value is -1.98. The van der Waals surface area contributed by atoms with Crippen LogP contribution in [-0.4, -0.2) is 22.1 Å². The smallest absolute Gasteiger partial charge is 0.317 e. The predicted octanol–water partition coefficient (Wildman–Crippen LogP) is -0.600. The van der Waals surface area contributed by atoms with Gasteiger partial charge >= 0.3 is 11.9 Å². The quantitative estimate of drug-likeness (QED) is 0.510. The molecule has 2 aliphatic rings. The van der Waals surface area contributed by atoms with Gasteiger partial charge in [-0.2, -0.15) is 0 Å². The van der Waals surface area contributed by atoms with E-state index >= 15 is 0 Å². The fourth-order valence-corrected chi connectivity index (χ4v) is 1.53. The summed E-state index contributed by atoms with van der Waals surface area (Å²) >= 11 is 0. The molecule has 0 aliphatic carbocycles. The number of carbonyl (C=O) groups excluding carboxylic acids is 2. The Bertz CT molecular complexity index is 426. The average Bonchev–Trinajstić information content (AvgIpc) is 2.65. The van der Waals surface area contributed by atoms with Crippen LogP contribution in [0.15, 0.2) is 0 Å². The third kappa shape index (κ3) is 0.847. The summed E-state index contributed by atoms with van der Waals surface area (Å²) < 4.78 is 9.69. The molecule has 3 heterocycles. The van der Waals surface area contributed by atoms with Gasteiger partial charge in [0.15, 0.2) is 5.75 Å². The van der Waals surface area contributed by atoms with Crippen molar-refractivity contribution in [2.45, 2.75) is 12.8 Å². The standard InChI is InChI=1S/C8H4N2O4/c11-5-1-3-7-4(2-6(12)13-7)9-10-8(3)14-5/h1-2H2. The minimum Gasteiger partial charge on any atom is -0.424 e. The first-order chi connectivity index (χ1) is 6.74. The van der Waals surface area contributed by atoms with E-state index in [9.17, 15) is 9.59 Å². The Labute approximate surface area is 77.8 Å². The molecule has 0 saturated carbocycles. The second kappa shape index (κ2) is 2.28. The molecule has 3 rings (SSSR count). The molecule has 2 aliphatic heterocycles. The molecule has 0 aromatic carbocycles. The average molecular weight is 192 g/mol. The van der Waals surface area contributed by atoms with Gasteiger partial charge in [-0.05, 0) is 0 Å². The second-order valence-electron chi connectivity index (χ2n) is 3.06. The Balaban J connectivity index is 2.19. The number of ether oxygens (including phenoxy) is 2. The van der Waals surface area contributed by atoms with Crippen LogP contribution in [0, 0.1) is 0 Å².